The highest BCUT2D eigenvalue weighted by molar-refractivity contribution is 8.67. The molecule has 1 aromatic rings. The Morgan fingerprint density at radius 3 is 2.58 bits per heavy atom. The molecular weight excluding hydrogens is 278 g/mol. The first-order valence-corrected chi connectivity index (χ1v) is 8.35. The smallest absolute Gasteiger partial charge is 0.233 e. The van der Waals surface area contributed by atoms with Crippen LogP contribution in [0.5, 0.6) is 0 Å². The zero-order valence-corrected chi connectivity index (χ0v) is 12.4. The molecule has 1 saturated carbocycles. The third-order valence-corrected chi connectivity index (χ3v) is 5.30. The van der Waals surface area contributed by atoms with Crippen LogP contribution in [0.3, 0.4) is 0 Å². The second-order valence-corrected chi connectivity index (χ2v) is 6.30. The van der Waals surface area contributed by atoms with Gasteiger partial charge in [0.2, 0.25) is 5.91 Å². The van der Waals surface area contributed by atoms with Gasteiger partial charge < -0.3 is 4.90 Å². The van der Waals surface area contributed by atoms with Crippen molar-refractivity contribution >= 4 is 28.5 Å². The van der Waals surface area contributed by atoms with Crippen molar-refractivity contribution in [2.45, 2.75) is 18.3 Å². The molecule has 2 fully saturated rings. The Morgan fingerprint density at radius 2 is 2.05 bits per heavy atom. The van der Waals surface area contributed by atoms with Crippen LogP contribution < -0.4 is 0 Å². The van der Waals surface area contributed by atoms with Gasteiger partial charge >= 0.3 is 0 Å². The lowest BCUT2D eigenvalue weighted by Crippen LogP contribution is -2.49. The first kappa shape index (κ1) is 13.3. The van der Waals surface area contributed by atoms with Crippen LogP contribution in [0.2, 0.25) is 0 Å². The highest BCUT2D eigenvalue weighted by Gasteiger charge is 2.53. The van der Waals surface area contributed by atoms with Gasteiger partial charge in [0.15, 0.2) is 0 Å². The van der Waals surface area contributed by atoms with Crippen LogP contribution in [0.25, 0.3) is 0 Å². The Morgan fingerprint density at radius 1 is 1.32 bits per heavy atom. The van der Waals surface area contributed by atoms with Crippen molar-refractivity contribution in [3.05, 3.63) is 30.1 Å². The SMILES string of the molecule is O=C(N1CCN(SS)CC1)C1(c2cccnc2)CC1. The molecule has 0 aromatic carbocycles. The van der Waals surface area contributed by atoms with Crippen LogP contribution in [0, 0.1) is 0 Å². The van der Waals surface area contributed by atoms with E-state index in [0.29, 0.717) is 0 Å². The Bertz CT molecular complexity index is 456. The van der Waals surface area contributed by atoms with Crippen LogP contribution in [-0.2, 0) is 10.2 Å². The van der Waals surface area contributed by atoms with Crippen molar-refractivity contribution in [2.24, 2.45) is 0 Å². The van der Waals surface area contributed by atoms with E-state index in [9.17, 15) is 4.79 Å². The third kappa shape index (κ3) is 2.49. The van der Waals surface area contributed by atoms with Gasteiger partial charge in [0, 0.05) is 38.6 Å². The molecule has 1 saturated heterocycles. The van der Waals surface area contributed by atoms with Crippen molar-refractivity contribution < 1.29 is 4.79 Å². The van der Waals surface area contributed by atoms with Crippen molar-refractivity contribution in [3.63, 3.8) is 0 Å². The average Bonchev–Trinajstić information content (AvgIpc) is 3.29. The maximum atomic E-state index is 12.7. The molecule has 1 amide bonds. The van der Waals surface area contributed by atoms with E-state index >= 15 is 0 Å². The monoisotopic (exact) mass is 295 g/mol. The van der Waals surface area contributed by atoms with E-state index in [0.717, 1.165) is 44.6 Å². The molecule has 1 aliphatic heterocycles. The van der Waals surface area contributed by atoms with Gasteiger partial charge in [-0.25, -0.2) is 4.31 Å². The van der Waals surface area contributed by atoms with Crippen molar-refractivity contribution in [1.82, 2.24) is 14.2 Å². The second-order valence-electron chi connectivity index (χ2n) is 5.13. The summed E-state index contributed by atoms with van der Waals surface area (Å²) in [5, 5.41) is 0. The standard InChI is InChI=1S/C13H17N3OS2/c17-12(15-6-8-16(19-18)9-7-15)13(3-4-13)11-2-1-5-14-10-11/h1-2,5,10,18H,3-4,6-9H2. The van der Waals surface area contributed by atoms with Gasteiger partial charge in [0.25, 0.3) is 0 Å². The van der Waals surface area contributed by atoms with Crippen LogP contribution in [0.4, 0.5) is 0 Å². The molecule has 0 bridgehead atoms. The van der Waals surface area contributed by atoms with Gasteiger partial charge in [-0.3, -0.25) is 9.78 Å². The molecule has 2 heterocycles. The van der Waals surface area contributed by atoms with E-state index in [2.05, 4.69) is 20.9 Å². The van der Waals surface area contributed by atoms with Crippen molar-refractivity contribution in [1.29, 1.82) is 0 Å². The van der Waals surface area contributed by atoms with Gasteiger partial charge in [-0.05, 0) is 35.5 Å². The average molecular weight is 295 g/mol. The number of carbonyl (C=O) groups is 1. The highest BCUT2D eigenvalue weighted by atomic mass is 33.1. The zero-order chi connectivity index (χ0) is 13.3. The van der Waals surface area contributed by atoms with Crippen LogP contribution in [0.15, 0.2) is 24.5 Å². The maximum absolute atomic E-state index is 12.7. The number of nitrogens with zero attached hydrogens (tertiary/aromatic N) is 3. The number of rotatable bonds is 3. The van der Waals surface area contributed by atoms with E-state index < -0.39 is 0 Å². The van der Waals surface area contributed by atoms with Crippen molar-refractivity contribution in [3.8, 4) is 0 Å². The Hall–Kier alpha value is -0.720. The number of carbonyl (C=O) groups excluding carboxylic acids is 1. The largest absolute Gasteiger partial charge is 0.339 e. The molecule has 0 spiro atoms. The molecule has 3 rings (SSSR count). The summed E-state index contributed by atoms with van der Waals surface area (Å²) in [6.45, 7) is 3.38. The number of aromatic nitrogens is 1. The fourth-order valence-corrected chi connectivity index (χ4v) is 3.49. The Labute approximate surface area is 122 Å². The fraction of sp³-hybridized carbons (Fsp3) is 0.538. The number of hydrogen-bond acceptors (Lipinski definition) is 5. The van der Waals surface area contributed by atoms with E-state index in [1.165, 1.54) is 11.0 Å². The first-order valence-electron chi connectivity index (χ1n) is 6.53. The molecule has 0 N–H and O–H groups in total. The molecular formula is C13H17N3OS2. The minimum absolute atomic E-state index is 0.273. The minimum atomic E-state index is -0.273. The summed E-state index contributed by atoms with van der Waals surface area (Å²) in [5.41, 5.74) is 0.802. The first-order chi connectivity index (χ1) is 9.26. The molecule has 1 aromatic heterocycles. The molecule has 0 unspecified atom stereocenters. The van der Waals surface area contributed by atoms with E-state index in [1.807, 2.05) is 23.2 Å². The lowest BCUT2D eigenvalue weighted by atomic mass is 9.95. The summed E-state index contributed by atoms with van der Waals surface area (Å²) in [5.74, 6) is 0.282. The maximum Gasteiger partial charge on any atom is 0.233 e. The van der Waals surface area contributed by atoms with Crippen LogP contribution >= 0.6 is 22.6 Å². The van der Waals surface area contributed by atoms with Gasteiger partial charge in [0.05, 0.1) is 5.41 Å². The molecule has 102 valence electrons. The summed E-state index contributed by atoms with van der Waals surface area (Å²) < 4.78 is 2.18. The van der Waals surface area contributed by atoms with Crippen molar-refractivity contribution in [2.75, 3.05) is 26.2 Å². The second kappa shape index (κ2) is 5.34. The lowest BCUT2D eigenvalue weighted by molar-refractivity contribution is -0.135. The molecule has 6 heteroatoms. The minimum Gasteiger partial charge on any atom is -0.339 e. The molecule has 2 aliphatic rings. The van der Waals surface area contributed by atoms with Gasteiger partial charge in [0.1, 0.15) is 0 Å². The third-order valence-electron chi connectivity index (χ3n) is 4.01. The summed E-state index contributed by atoms with van der Waals surface area (Å²) in [6, 6.07) is 3.94. The number of hydrogen-bond donors (Lipinski definition) is 1. The number of thiol groups is 1. The topological polar surface area (TPSA) is 36.4 Å². The quantitative estimate of drug-likeness (QED) is 0.524. The van der Waals surface area contributed by atoms with Gasteiger partial charge in [-0.15, -0.1) is 0 Å². The zero-order valence-electron chi connectivity index (χ0n) is 10.7. The van der Waals surface area contributed by atoms with Crippen LogP contribution in [-0.4, -0.2) is 46.3 Å². The van der Waals surface area contributed by atoms with E-state index in [4.69, 9.17) is 0 Å². The summed E-state index contributed by atoms with van der Waals surface area (Å²) in [6.07, 6.45) is 5.51. The molecule has 19 heavy (non-hydrogen) atoms. The summed E-state index contributed by atoms with van der Waals surface area (Å²) in [4.78, 5) is 18.9. The molecule has 0 radical (unpaired) electrons. The predicted molar refractivity (Wildman–Crippen MR) is 79.9 cm³/mol. The predicted octanol–water partition coefficient (Wildman–Crippen LogP) is 1.75. The van der Waals surface area contributed by atoms with E-state index in [-0.39, 0.29) is 11.3 Å². The number of piperazine rings is 1. The Balaban J connectivity index is 1.71. The number of pyridine rings is 1. The van der Waals surface area contributed by atoms with Crippen LogP contribution in [0.1, 0.15) is 18.4 Å². The lowest BCUT2D eigenvalue weighted by Gasteiger charge is -2.35. The normalized spacial score (nSPS) is 22.3. The highest BCUT2D eigenvalue weighted by Crippen LogP contribution is 2.49. The number of amides is 1. The molecule has 4 nitrogen and oxygen atoms in total. The summed E-state index contributed by atoms with van der Waals surface area (Å²) in [7, 11) is 1.46. The van der Waals surface area contributed by atoms with E-state index in [1.54, 1.807) is 6.20 Å². The summed E-state index contributed by atoms with van der Waals surface area (Å²) >= 11 is 4.20. The molecule has 1 aliphatic carbocycles. The Kier molecular flexibility index (Phi) is 3.73. The van der Waals surface area contributed by atoms with Gasteiger partial charge in [-0.1, -0.05) is 17.7 Å². The molecule has 0 atom stereocenters. The fourth-order valence-electron chi connectivity index (χ4n) is 2.67. The van der Waals surface area contributed by atoms with Gasteiger partial charge in [-0.2, -0.15) is 0 Å².